The van der Waals surface area contributed by atoms with E-state index < -0.39 is 10.1 Å². The molecule has 0 radical (unpaired) electrons. The molecule has 4 nitrogen and oxygen atoms in total. The molecule has 3 N–H and O–H groups in total. The van der Waals surface area contributed by atoms with E-state index in [-0.39, 0.29) is 4.90 Å². The van der Waals surface area contributed by atoms with Crippen LogP contribution in [0.25, 0.3) is 24.3 Å². The van der Waals surface area contributed by atoms with Gasteiger partial charge in [0.2, 0.25) is 0 Å². The second-order valence-corrected chi connectivity index (χ2v) is 7.29. The Bertz CT molecular complexity index is 750. The predicted octanol–water partition coefficient (Wildman–Crippen LogP) is 5.42. The minimum Gasteiger partial charge on any atom is -0.328 e. The van der Waals surface area contributed by atoms with Crippen LogP contribution in [0.3, 0.4) is 0 Å². The van der Waals surface area contributed by atoms with Crippen molar-refractivity contribution < 1.29 is 13.0 Å². The van der Waals surface area contributed by atoms with Gasteiger partial charge in [-0.05, 0) is 50.9 Å². The molecule has 0 aliphatic rings. The van der Waals surface area contributed by atoms with Crippen LogP contribution in [0.1, 0.15) is 63.8 Å². The molecule has 0 saturated carbocycles. The van der Waals surface area contributed by atoms with Crippen LogP contribution in [-0.4, -0.2) is 19.0 Å². The largest absolute Gasteiger partial charge is 0.328 e. The van der Waals surface area contributed by atoms with Gasteiger partial charge in [-0.2, -0.15) is 8.42 Å². The van der Waals surface area contributed by atoms with Gasteiger partial charge in [0.05, 0.1) is 0 Å². The van der Waals surface area contributed by atoms with E-state index in [4.69, 9.17) is 5.73 Å². The molecule has 144 valence electrons. The highest BCUT2D eigenvalue weighted by Crippen LogP contribution is 2.32. The highest BCUT2D eigenvalue weighted by molar-refractivity contribution is 7.86. The van der Waals surface area contributed by atoms with Gasteiger partial charge >= 0.3 is 0 Å². The first-order valence-corrected chi connectivity index (χ1v) is 10.0. The molecular weight excluding hydrogens is 346 g/mol. The molecule has 0 heterocycles. The van der Waals surface area contributed by atoms with Gasteiger partial charge < -0.3 is 5.73 Å². The SMILES string of the molecule is CC(C)N.CC=Cc1cc(/C=C/C)c(C=CC)c(S(=O)(=O)O)c1C=CC. The fourth-order valence-corrected chi connectivity index (χ4v) is 3.25. The molecule has 0 aliphatic heterocycles. The van der Waals surface area contributed by atoms with E-state index in [2.05, 4.69) is 0 Å². The zero-order valence-corrected chi connectivity index (χ0v) is 17.3. The third kappa shape index (κ3) is 7.52. The van der Waals surface area contributed by atoms with E-state index >= 15 is 0 Å². The number of benzene rings is 1. The first-order valence-electron chi connectivity index (χ1n) is 8.58. The van der Waals surface area contributed by atoms with Gasteiger partial charge in [0.15, 0.2) is 0 Å². The maximum absolute atomic E-state index is 12.0. The van der Waals surface area contributed by atoms with E-state index in [1.165, 1.54) is 0 Å². The number of rotatable bonds is 5. The molecule has 1 aromatic carbocycles. The Morgan fingerprint density at radius 3 is 1.38 bits per heavy atom. The maximum Gasteiger partial charge on any atom is 0.295 e. The Balaban J connectivity index is 0.00000141. The Kier molecular flexibility index (Phi) is 10.8. The molecule has 0 spiro atoms. The highest BCUT2D eigenvalue weighted by atomic mass is 32.2. The van der Waals surface area contributed by atoms with Gasteiger partial charge in [-0.15, -0.1) is 0 Å². The van der Waals surface area contributed by atoms with Gasteiger partial charge in [0.25, 0.3) is 10.1 Å². The molecule has 0 unspecified atom stereocenters. The van der Waals surface area contributed by atoms with Crippen molar-refractivity contribution in [3.05, 3.63) is 52.6 Å². The first-order chi connectivity index (χ1) is 12.1. The summed E-state index contributed by atoms with van der Waals surface area (Å²) in [5.74, 6) is 0. The van der Waals surface area contributed by atoms with Crippen molar-refractivity contribution in [2.45, 2.75) is 52.5 Å². The average molecular weight is 378 g/mol. The van der Waals surface area contributed by atoms with Crippen LogP contribution in [-0.2, 0) is 10.1 Å². The number of hydrogen-bond donors (Lipinski definition) is 2. The van der Waals surface area contributed by atoms with Gasteiger partial charge in [-0.3, -0.25) is 4.55 Å². The lowest BCUT2D eigenvalue weighted by Gasteiger charge is -2.14. The van der Waals surface area contributed by atoms with Gasteiger partial charge in [0, 0.05) is 11.1 Å². The van der Waals surface area contributed by atoms with Crippen LogP contribution >= 0.6 is 0 Å². The van der Waals surface area contributed by atoms with Gasteiger partial charge in [0.1, 0.15) is 4.90 Å². The maximum atomic E-state index is 12.0. The van der Waals surface area contributed by atoms with Gasteiger partial charge in [-0.1, -0.05) is 62.5 Å². The van der Waals surface area contributed by atoms with E-state index in [1.54, 1.807) is 24.3 Å². The van der Waals surface area contributed by atoms with Crippen LogP contribution in [0.4, 0.5) is 0 Å². The second kappa shape index (κ2) is 11.6. The Hall–Kier alpha value is -1.95. The minimum atomic E-state index is -4.36. The monoisotopic (exact) mass is 377 g/mol. The molecule has 0 aromatic heterocycles. The van der Waals surface area contributed by atoms with Crippen LogP contribution in [0.5, 0.6) is 0 Å². The summed E-state index contributed by atoms with van der Waals surface area (Å²) in [6.45, 7) is 11.2. The Labute approximate surface area is 158 Å². The van der Waals surface area contributed by atoms with Crippen molar-refractivity contribution >= 4 is 34.4 Å². The summed E-state index contributed by atoms with van der Waals surface area (Å²) in [5, 5.41) is 0. The van der Waals surface area contributed by atoms with Crippen LogP contribution in [0, 0.1) is 0 Å². The molecule has 0 saturated heterocycles. The topological polar surface area (TPSA) is 80.4 Å². The molecule has 0 amide bonds. The van der Waals surface area contributed by atoms with Crippen LogP contribution in [0.15, 0.2) is 35.3 Å². The minimum absolute atomic E-state index is 0.0626. The summed E-state index contributed by atoms with van der Waals surface area (Å²) in [5.41, 5.74) is 7.58. The summed E-state index contributed by atoms with van der Waals surface area (Å²) < 4.78 is 33.7. The van der Waals surface area contributed by atoms with Crippen molar-refractivity contribution in [2.75, 3.05) is 0 Å². The van der Waals surface area contributed by atoms with E-state index in [0.29, 0.717) is 17.2 Å². The smallest absolute Gasteiger partial charge is 0.295 e. The molecule has 1 rings (SSSR count). The van der Waals surface area contributed by atoms with E-state index in [1.807, 2.05) is 71.9 Å². The number of nitrogens with two attached hydrogens (primary N) is 1. The third-order valence-corrected chi connectivity index (χ3v) is 4.00. The lowest BCUT2D eigenvalue weighted by Crippen LogP contribution is -2.07. The first kappa shape index (κ1) is 24.1. The van der Waals surface area contributed by atoms with Crippen LogP contribution in [0.2, 0.25) is 0 Å². The number of allylic oxidation sites excluding steroid dienone is 4. The molecule has 0 bridgehead atoms. The predicted molar refractivity (Wildman–Crippen MR) is 114 cm³/mol. The van der Waals surface area contributed by atoms with E-state index in [0.717, 1.165) is 11.1 Å². The summed E-state index contributed by atoms with van der Waals surface area (Å²) >= 11 is 0. The van der Waals surface area contributed by atoms with Gasteiger partial charge in [-0.25, -0.2) is 0 Å². The molecule has 0 fully saturated rings. The summed E-state index contributed by atoms with van der Waals surface area (Å²) in [4.78, 5) is -0.0626. The Morgan fingerprint density at radius 2 is 1.15 bits per heavy atom. The van der Waals surface area contributed by atoms with Crippen LogP contribution < -0.4 is 5.73 Å². The van der Waals surface area contributed by atoms with Crippen molar-refractivity contribution in [3.63, 3.8) is 0 Å². The molecule has 0 atom stereocenters. The third-order valence-electron chi connectivity index (χ3n) is 3.04. The summed E-state index contributed by atoms with van der Waals surface area (Å²) in [6, 6.07) is 2.25. The van der Waals surface area contributed by atoms with Crippen molar-refractivity contribution in [2.24, 2.45) is 5.73 Å². The fourth-order valence-electron chi connectivity index (χ4n) is 2.32. The lowest BCUT2D eigenvalue weighted by molar-refractivity contribution is 0.483. The lowest BCUT2D eigenvalue weighted by atomic mass is 9.96. The average Bonchev–Trinajstić information content (AvgIpc) is 2.50. The standard InChI is InChI=1S/C18H22O3S.C3H9N/c1-5-9-14-13-15(10-6-2)17(12-8-4)18(22(19,20)21)16(14)11-7-3;1-3(2)4/h5-13H,1-4H3,(H,19,20,21);3H,4H2,1-2H3/b9-5+,10-6?,11-7?,12-8?;. The number of hydrogen-bond acceptors (Lipinski definition) is 3. The summed E-state index contributed by atoms with van der Waals surface area (Å²) in [7, 11) is -4.36. The second-order valence-electron chi connectivity index (χ2n) is 5.93. The van der Waals surface area contributed by atoms with Crippen molar-refractivity contribution in [1.29, 1.82) is 0 Å². The summed E-state index contributed by atoms with van der Waals surface area (Å²) in [6.07, 6.45) is 14.2. The highest BCUT2D eigenvalue weighted by Gasteiger charge is 2.22. The fraction of sp³-hybridized carbons (Fsp3) is 0.333. The Morgan fingerprint density at radius 1 is 0.846 bits per heavy atom. The molecule has 0 aliphatic carbocycles. The molecule has 26 heavy (non-hydrogen) atoms. The quantitative estimate of drug-likeness (QED) is 0.671. The molecule has 1 aromatic rings. The molecular formula is C21H31NO3S. The van der Waals surface area contributed by atoms with Crippen molar-refractivity contribution in [1.82, 2.24) is 0 Å². The van der Waals surface area contributed by atoms with Crippen molar-refractivity contribution in [3.8, 4) is 0 Å². The normalized spacial score (nSPS) is 12.7. The molecule has 5 heteroatoms. The van der Waals surface area contributed by atoms with E-state index in [9.17, 15) is 13.0 Å². The zero-order valence-electron chi connectivity index (χ0n) is 16.5. The zero-order chi connectivity index (χ0) is 20.3.